The number of carbonyl (C=O) groups is 1. The summed E-state index contributed by atoms with van der Waals surface area (Å²) in [6, 6.07) is 3.69. The molecule has 0 amide bonds. The standard InChI is InChI=1S/C15H22O4/c1-10-12(17-5)8-7-11(13(10)18-6)9-19-14(16)15(2,3)4/h7-8H,9H2,1-6H3. The third-order valence-corrected chi connectivity index (χ3v) is 2.83. The minimum atomic E-state index is -0.505. The predicted octanol–water partition coefficient (Wildman–Crippen LogP) is 3.10. The molecule has 0 atom stereocenters. The van der Waals surface area contributed by atoms with E-state index < -0.39 is 5.41 Å². The van der Waals surface area contributed by atoms with E-state index in [1.807, 2.05) is 39.8 Å². The van der Waals surface area contributed by atoms with E-state index >= 15 is 0 Å². The van der Waals surface area contributed by atoms with Crippen LogP contribution in [0.1, 0.15) is 31.9 Å². The first-order valence-corrected chi connectivity index (χ1v) is 6.19. The van der Waals surface area contributed by atoms with Gasteiger partial charge in [0, 0.05) is 11.1 Å². The van der Waals surface area contributed by atoms with E-state index in [0.29, 0.717) is 5.75 Å². The van der Waals surface area contributed by atoms with Gasteiger partial charge < -0.3 is 14.2 Å². The zero-order valence-electron chi connectivity index (χ0n) is 12.5. The van der Waals surface area contributed by atoms with E-state index in [1.165, 1.54) is 0 Å². The second-order valence-electron chi connectivity index (χ2n) is 5.41. The maximum atomic E-state index is 11.8. The summed E-state index contributed by atoms with van der Waals surface area (Å²) < 4.78 is 15.9. The molecule has 1 aromatic rings. The first-order chi connectivity index (χ1) is 8.81. The lowest BCUT2D eigenvalue weighted by atomic mass is 9.97. The molecule has 4 heteroatoms. The van der Waals surface area contributed by atoms with Crippen molar-refractivity contribution in [2.24, 2.45) is 5.41 Å². The number of benzene rings is 1. The highest BCUT2D eigenvalue weighted by Gasteiger charge is 2.23. The van der Waals surface area contributed by atoms with Crippen LogP contribution in [0.3, 0.4) is 0 Å². The zero-order valence-corrected chi connectivity index (χ0v) is 12.5. The first kappa shape index (κ1) is 15.3. The number of methoxy groups -OCH3 is 2. The van der Waals surface area contributed by atoms with Crippen molar-refractivity contribution in [2.75, 3.05) is 14.2 Å². The number of hydrogen-bond donors (Lipinski definition) is 0. The van der Waals surface area contributed by atoms with Gasteiger partial charge in [-0.3, -0.25) is 4.79 Å². The van der Waals surface area contributed by atoms with Crippen molar-refractivity contribution in [3.05, 3.63) is 23.3 Å². The molecule has 19 heavy (non-hydrogen) atoms. The lowest BCUT2D eigenvalue weighted by Crippen LogP contribution is -2.22. The molecule has 1 aromatic carbocycles. The van der Waals surface area contributed by atoms with Gasteiger partial charge in [-0.25, -0.2) is 0 Å². The summed E-state index contributed by atoms with van der Waals surface area (Å²) in [7, 11) is 3.21. The Bertz CT molecular complexity index is 458. The second kappa shape index (κ2) is 5.95. The highest BCUT2D eigenvalue weighted by Crippen LogP contribution is 2.32. The third-order valence-electron chi connectivity index (χ3n) is 2.83. The highest BCUT2D eigenvalue weighted by molar-refractivity contribution is 5.75. The molecule has 0 aliphatic heterocycles. The number of rotatable bonds is 4. The predicted molar refractivity (Wildman–Crippen MR) is 73.5 cm³/mol. The molecule has 0 aliphatic rings. The van der Waals surface area contributed by atoms with E-state index in [2.05, 4.69) is 0 Å². The molecule has 0 radical (unpaired) electrons. The molecular formula is C15H22O4. The Morgan fingerprint density at radius 2 is 1.79 bits per heavy atom. The Morgan fingerprint density at radius 1 is 1.16 bits per heavy atom. The van der Waals surface area contributed by atoms with Gasteiger partial charge in [-0.05, 0) is 39.8 Å². The van der Waals surface area contributed by atoms with Gasteiger partial charge in [0.05, 0.1) is 19.6 Å². The lowest BCUT2D eigenvalue weighted by molar-refractivity contribution is -0.154. The van der Waals surface area contributed by atoms with Crippen molar-refractivity contribution in [1.29, 1.82) is 0 Å². The molecule has 4 nitrogen and oxygen atoms in total. The molecule has 0 saturated carbocycles. The van der Waals surface area contributed by atoms with Gasteiger partial charge in [-0.2, -0.15) is 0 Å². The highest BCUT2D eigenvalue weighted by atomic mass is 16.5. The summed E-state index contributed by atoms with van der Waals surface area (Å²) in [6.07, 6.45) is 0. The topological polar surface area (TPSA) is 44.8 Å². The molecule has 106 valence electrons. The van der Waals surface area contributed by atoms with Crippen LogP contribution in [0.2, 0.25) is 0 Å². The van der Waals surface area contributed by atoms with Crippen molar-refractivity contribution in [2.45, 2.75) is 34.3 Å². The van der Waals surface area contributed by atoms with Crippen molar-refractivity contribution in [3.8, 4) is 11.5 Å². The van der Waals surface area contributed by atoms with Crippen molar-refractivity contribution in [1.82, 2.24) is 0 Å². The molecule has 0 aliphatic carbocycles. The summed E-state index contributed by atoms with van der Waals surface area (Å²) in [6.45, 7) is 7.58. The molecular weight excluding hydrogens is 244 g/mol. The molecule has 0 bridgehead atoms. The summed E-state index contributed by atoms with van der Waals surface area (Å²) in [4.78, 5) is 11.8. The van der Waals surface area contributed by atoms with Gasteiger partial charge in [0.15, 0.2) is 0 Å². The molecule has 0 heterocycles. The van der Waals surface area contributed by atoms with Crippen LogP contribution in [0.15, 0.2) is 12.1 Å². The van der Waals surface area contributed by atoms with Gasteiger partial charge >= 0.3 is 5.97 Å². The summed E-state index contributed by atoms with van der Waals surface area (Å²) in [5, 5.41) is 0. The van der Waals surface area contributed by atoms with E-state index in [9.17, 15) is 4.79 Å². The Hall–Kier alpha value is -1.71. The molecule has 0 unspecified atom stereocenters. The molecule has 0 fully saturated rings. The van der Waals surface area contributed by atoms with Gasteiger partial charge in [-0.1, -0.05) is 0 Å². The second-order valence-corrected chi connectivity index (χ2v) is 5.41. The molecule has 1 rings (SSSR count). The van der Waals surface area contributed by atoms with Gasteiger partial charge in [0.2, 0.25) is 0 Å². The number of esters is 1. The van der Waals surface area contributed by atoms with Crippen LogP contribution in [0.25, 0.3) is 0 Å². The monoisotopic (exact) mass is 266 g/mol. The van der Waals surface area contributed by atoms with Crippen LogP contribution < -0.4 is 9.47 Å². The number of ether oxygens (including phenoxy) is 3. The van der Waals surface area contributed by atoms with Crippen molar-refractivity contribution in [3.63, 3.8) is 0 Å². The molecule has 0 aromatic heterocycles. The first-order valence-electron chi connectivity index (χ1n) is 6.19. The minimum Gasteiger partial charge on any atom is -0.496 e. The quantitative estimate of drug-likeness (QED) is 0.785. The van der Waals surface area contributed by atoms with Crippen LogP contribution >= 0.6 is 0 Å². The largest absolute Gasteiger partial charge is 0.496 e. The number of carbonyl (C=O) groups excluding carboxylic acids is 1. The van der Waals surface area contributed by atoms with E-state index in [1.54, 1.807) is 14.2 Å². The van der Waals surface area contributed by atoms with Crippen molar-refractivity contribution >= 4 is 5.97 Å². The fourth-order valence-corrected chi connectivity index (χ4v) is 1.71. The van der Waals surface area contributed by atoms with Crippen LogP contribution in [-0.4, -0.2) is 20.2 Å². The zero-order chi connectivity index (χ0) is 14.6. The third kappa shape index (κ3) is 3.63. The Labute approximate surface area is 114 Å². The van der Waals surface area contributed by atoms with Gasteiger partial charge in [-0.15, -0.1) is 0 Å². The van der Waals surface area contributed by atoms with Crippen LogP contribution in [0, 0.1) is 12.3 Å². The Morgan fingerprint density at radius 3 is 2.26 bits per heavy atom. The average molecular weight is 266 g/mol. The summed E-state index contributed by atoms with van der Waals surface area (Å²) >= 11 is 0. The Balaban J connectivity index is 2.91. The lowest BCUT2D eigenvalue weighted by Gasteiger charge is -2.18. The summed E-state index contributed by atoms with van der Waals surface area (Å²) in [5.74, 6) is 1.21. The summed E-state index contributed by atoms with van der Waals surface area (Å²) in [5.41, 5.74) is 1.22. The maximum absolute atomic E-state index is 11.8. The normalized spacial score (nSPS) is 11.1. The number of hydrogen-bond acceptors (Lipinski definition) is 4. The fraction of sp³-hybridized carbons (Fsp3) is 0.533. The van der Waals surface area contributed by atoms with Gasteiger partial charge in [0.1, 0.15) is 18.1 Å². The van der Waals surface area contributed by atoms with E-state index in [0.717, 1.165) is 16.9 Å². The average Bonchev–Trinajstić information content (AvgIpc) is 2.34. The van der Waals surface area contributed by atoms with Crippen LogP contribution in [-0.2, 0) is 16.1 Å². The fourth-order valence-electron chi connectivity index (χ4n) is 1.71. The molecule has 0 N–H and O–H groups in total. The van der Waals surface area contributed by atoms with E-state index in [-0.39, 0.29) is 12.6 Å². The minimum absolute atomic E-state index is 0.199. The SMILES string of the molecule is COc1ccc(COC(=O)C(C)(C)C)c(OC)c1C. The van der Waals surface area contributed by atoms with Crippen LogP contribution in [0.4, 0.5) is 0 Å². The van der Waals surface area contributed by atoms with Gasteiger partial charge in [0.25, 0.3) is 0 Å². The smallest absolute Gasteiger partial charge is 0.311 e. The Kier molecular flexibility index (Phi) is 4.81. The van der Waals surface area contributed by atoms with Crippen LogP contribution in [0.5, 0.6) is 11.5 Å². The molecule has 0 spiro atoms. The molecule has 0 saturated heterocycles. The maximum Gasteiger partial charge on any atom is 0.311 e. The van der Waals surface area contributed by atoms with Crippen molar-refractivity contribution < 1.29 is 19.0 Å². The van der Waals surface area contributed by atoms with E-state index in [4.69, 9.17) is 14.2 Å².